The second-order valence-electron chi connectivity index (χ2n) is 3.99. The van der Waals surface area contributed by atoms with E-state index < -0.39 is 0 Å². The predicted molar refractivity (Wildman–Crippen MR) is 72.4 cm³/mol. The lowest BCUT2D eigenvalue weighted by atomic mass is 10.1. The number of benzene rings is 1. The van der Waals surface area contributed by atoms with E-state index in [0.29, 0.717) is 0 Å². The number of nitrogens with zero attached hydrogens (tertiary/aromatic N) is 1. The molecule has 2 nitrogen and oxygen atoms in total. The zero-order valence-corrected chi connectivity index (χ0v) is 11.0. The molecular weight excluding hydrogens is 232 g/mol. The summed E-state index contributed by atoms with van der Waals surface area (Å²) in [5, 5.41) is 8.17. The number of hydrogen-bond acceptors (Lipinski definition) is 1. The van der Waals surface area contributed by atoms with Crippen molar-refractivity contribution in [2.75, 3.05) is 0 Å². The fourth-order valence-electron chi connectivity index (χ4n) is 1.71. The number of aromatic nitrogens is 2. The molecule has 1 N–H and O–H groups in total. The van der Waals surface area contributed by atoms with E-state index in [4.69, 9.17) is 11.6 Å². The Hall–Kier alpha value is -1.28. The number of rotatable bonds is 2. The Morgan fingerprint density at radius 3 is 2.41 bits per heavy atom. The van der Waals surface area contributed by atoms with E-state index >= 15 is 0 Å². The second-order valence-corrected chi connectivity index (χ2v) is 4.43. The quantitative estimate of drug-likeness (QED) is 0.825. The zero-order valence-electron chi connectivity index (χ0n) is 10.2. The summed E-state index contributed by atoms with van der Waals surface area (Å²) in [7, 11) is 0. The highest BCUT2D eigenvalue weighted by Crippen LogP contribution is 2.39. The van der Waals surface area contributed by atoms with Gasteiger partial charge >= 0.3 is 0 Å². The Balaban J connectivity index is 0.000000514. The number of hydrogen-bond donors (Lipinski definition) is 1. The molecule has 0 atom stereocenters. The van der Waals surface area contributed by atoms with Gasteiger partial charge in [-0.1, -0.05) is 37.6 Å². The number of nitrogens with one attached hydrogen (secondary N) is 1. The SMILES string of the molecule is CC.Clc1ccc(-c2cc(C3CC3)[nH]n2)cc1. The molecule has 1 fully saturated rings. The first-order valence-electron chi connectivity index (χ1n) is 6.14. The molecule has 0 unspecified atom stereocenters. The molecule has 90 valence electrons. The van der Waals surface area contributed by atoms with Crippen molar-refractivity contribution in [3.63, 3.8) is 0 Å². The molecule has 2 aromatic rings. The van der Waals surface area contributed by atoms with Crippen LogP contribution >= 0.6 is 11.6 Å². The highest BCUT2D eigenvalue weighted by molar-refractivity contribution is 6.30. The molecule has 1 aromatic carbocycles. The van der Waals surface area contributed by atoms with Gasteiger partial charge in [0.05, 0.1) is 5.69 Å². The van der Waals surface area contributed by atoms with Crippen molar-refractivity contribution in [1.82, 2.24) is 10.2 Å². The summed E-state index contributed by atoms with van der Waals surface area (Å²) < 4.78 is 0. The largest absolute Gasteiger partial charge is 0.282 e. The molecule has 0 spiro atoms. The van der Waals surface area contributed by atoms with Crippen LogP contribution in [0.15, 0.2) is 30.3 Å². The standard InChI is InChI=1S/C12H11ClN2.C2H6/c13-10-5-3-9(4-6-10)12-7-11(14-15-12)8-1-2-8;1-2/h3-8H,1-2H2,(H,14,15);1-2H3. The van der Waals surface area contributed by atoms with Crippen LogP contribution in [0.1, 0.15) is 38.3 Å². The van der Waals surface area contributed by atoms with Crippen molar-refractivity contribution in [1.29, 1.82) is 0 Å². The lowest BCUT2D eigenvalue weighted by molar-refractivity contribution is 0.967. The van der Waals surface area contributed by atoms with E-state index in [1.165, 1.54) is 18.5 Å². The third-order valence-electron chi connectivity index (χ3n) is 2.75. The van der Waals surface area contributed by atoms with Gasteiger partial charge in [-0.15, -0.1) is 0 Å². The summed E-state index contributed by atoms with van der Waals surface area (Å²) in [6.45, 7) is 4.00. The van der Waals surface area contributed by atoms with Crippen LogP contribution in [-0.2, 0) is 0 Å². The van der Waals surface area contributed by atoms with E-state index in [2.05, 4.69) is 16.3 Å². The van der Waals surface area contributed by atoms with Crippen LogP contribution in [-0.4, -0.2) is 10.2 Å². The average Bonchev–Trinajstić information content (AvgIpc) is 3.11. The number of H-pyrrole nitrogens is 1. The van der Waals surface area contributed by atoms with E-state index in [9.17, 15) is 0 Å². The van der Waals surface area contributed by atoms with E-state index in [1.807, 2.05) is 38.1 Å². The normalized spacial score (nSPS) is 14.1. The smallest absolute Gasteiger partial charge is 0.0923 e. The van der Waals surface area contributed by atoms with Crippen LogP contribution in [0.2, 0.25) is 5.02 Å². The number of halogens is 1. The van der Waals surface area contributed by atoms with Gasteiger partial charge in [0.25, 0.3) is 0 Å². The highest BCUT2D eigenvalue weighted by atomic mass is 35.5. The van der Waals surface area contributed by atoms with Gasteiger partial charge in [-0.3, -0.25) is 5.10 Å². The molecule has 0 radical (unpaired) electrons. The molecule has 17 heavy (non-hydrogen) atoms. The average molecular weight is 249 g/mol. The Labute approximate surface area is 107 Å². The Morgan fingerprint density at radius 2 is 1.82 bits per heavy atom. The van der Waals surface area contributed by atoms with E-state index in [1.54, 1.807) is 0 Å². The fourth-order valence-corrected chi connectivity index (χ4v) is 1.83. The fraction of sp³-hybridized carbons (Fsp3) is 0.357. The number of aromatic amines is 1. The van der Waals surface area contributed by atoms with Gasteiger partial charge in [0.2, 0.25) is 0 Å². The molecule has 1 saturated carbocycles. The van der Waals surface area contributed by atoms with Gasteiger partial charge in [-0.05, 0) is 31.0 Å². The Bertz CT molecular complexity index is 469. The summed E-state index contributed by atoms with van der Waals surface area (Å²) in [6.07, 6.45) is 2.59. The summed E-state index contributed by atoms with van der Waals surface area (Å²) in [5.74, 6) is 0.721. The molecule has 0 amide bonds. The highest BCUT2D eigenvalue weighted by Gasteiger charge is 2.25. The molecule has 1 aromatic heterocycles. The van der Waals surface area contributed by atoms with Crippen LogP contribution in [0, 0.1) is 0 Å². The van der Waals surface area contributed by atoms with Gasteiger partial charge in [0.1, 0.15) is 0 Å². The monoisotopic (exact) mass is 248 g/mol. The zero-order chi connectivity index (χ0) is 12.3. The van der Waals surface area contributed by atoms with Crippen LogP contribution in [0.4, 0.5) is 0 Å². The van der Waals surface area contributed by atoms with E-state index in [-0.39, 0.29) is 0 Å². The maximum Gasteiger partial charge on any atom is 0.0923 e. The van der Waals surface area contributed by atoms with Crippen molar-refractivity contribution in [3.05, 3.63) is 41.0 Å². The van der Waals surface area contributed by atoms with Crippen LogP contribution in [0.3, 0.4) is 0 Å². The second kappa shape index (κ2) is 5.37. The predicted octanol–water partition coefficient (Wildman–Crippen LogP) is 4.63. The van der Waals surface area contributed by atoms with E-state index in [0.717, 1.165) is 22.2 Å². The van der Waals surface area contributed by atoms with Crippen molar-refractivity contribution >= 4 is 11.6 Å². The van der Waals surface area contributed by atoms with Gasteiger partial charge < -0.3 is 0 Å². The Kier molecular flexibility index (Phi) is 3.85. The summed E-state index contributed by atoms with van der Waals surface area (Å²) in [4.78, 5) is 0. The maximum atomic E-state index is 5.84. The third kappa shape index (κ3) is 2.89. The molecular formula is C14H17ClN2. The van der Waals surface area contributed by atoms with Crippen molar-refractivity contribution in [2.45, 2.75) is 32.6 Å². The molecule has 0 saturated heterocycles. The minimum absolute atomic E-state index is 0.721. The summed E-state index contributed by atoms with van der Waals surface area (Å²) >= 11 is 5.84. The first kappa shape index (κ1) is 12.2. The van der Waals surface area contributed by atoms with Crippen LogP contribution in [0.25, 0.3) is 11.3 Å². The molecule has 1 aliphatic rings. The minimum atomic E-state index is 0.721. The molecule has 0 aliphatic heterocycles. The van der Waals surface area contributed by atoms with Crippen LogP contribution in [0.5, 0.6) is 0 Å². The molecule has 1 aliphatic carbocycles. The molecule has 1 heterocycles. The van der Waals surface area contributed by atoms with Gasteiger partial charge in [-0.25, -0.2) is 0 Å². The molecule has 3 heteroatoms. The van der Waals surface area contributed by atoms with Crippen molar-refractivity contribution < 1.29 is 0 Å². The third-order valence-corrected chi connectivity index (χ3v) is 3.01. The first-order chi connectivity index (χ1) is 8.33. The first-order valence-corrected chi connectivity index (χ1v) is 6.52. The van der Waals surface area contributed by atoms with Crippen LogP contribution < -0.4 is 0 Å². The van der Waals surface area contributed by atoms with Crippen molar-refractivity contribution in [2.24, 2.45) is 0 Å². The lowest BCUT2D eigenvalue weighted by Crippen LogP contribution is -1.77. The Morgan fingerprint density at radius 1 is 1.18 bits per heavy atom. The maximum absolute atomic E-state index is 5.84. The van der Waals surface area contributed by atoms with Gasteiger partial charge in [-0.2, -0.15) is 5.10 Å². The molecule has 0 bridgehead atoms. The summed E-state index contributed by atoms with van der Waals surface area (Å²) in [5.41, 5.74) is 3.39. The molecule has 3 rings (SSSR count). The minimum Gasteiger partial charge on any atom is -0.282 e. The van der Waals surface area contributed by atoms with Gasteiger partial charge in [0.15, 0.2) is 0 Å². The summed E-state index contributed by atoms with van der Waals surface area (Å²) in [6, 6.07) is 9.91. The lowest BCUT2D eigenvalue weighted by Gasteiger charge is -1.94. The van der Waals surface area contributed by atoms with Crippen molar-refractivity contribution in [3.8, 4) is 11.3 Å². The van der Waals surface area contributed by atoms with Gasteiger partial charge in [0, 0.05) is 22.2 Å². The topological polar surface area (TPSA) is 28.7 Å².